The van der Waals surface area contributed by atoms with E-state index >= 15 is 0 Å². The maximum absolute atomic E-state index is 12.7. The van der Waals surface area contributed by atoms with Crippen molar-refractivity contribution in [3.63, 3.8) is 0 Å². The molecule has 7 heteroatoms. The van der Waals surface area contributed by atoms with Crippen molar-refractivity contribution in [2.45, 2.75) is 76.3 Å². The molecular formula is C21H37N5O2. The van der Waals surface area contributed by atoms with Gasteiger partial charge < -0.3 is 20.4 Å². The number of aliphatic imine (C=N–C) groups is 1. The third kappa shape index (κ3) is 5.85. The van der Waals surface area contributed by atoms with Crippen molar-refractivity contribution in [1.82, 2.24) is 20.4 Å². The molecule has 0 bridgehead atoms. The maximum Gasteiger partial charge on any atom is 0.243 e. The fourth-order valence-electron chi connectivity index (χ4n) is 4.56. The minimum absolute atomic E-state index is 0.00537. The number of carbonyl (C=O) groups excluding carboxylic acids is 2. The van der Waals surface area contributed by atoms with Gasteiger partial charge in [0.1, 0.15) is 6.54 Å². The van der Waals surface area contributed by atoms with Crippen molar-refractivity contribution in [2.75, 3.05) is 33.7 Å². The Morgan fingerprint density at radius 1 is 0.929 bits per heavy atom. The molecule has 1 aliphatic heterocycles. The van der Waals surface area contributed by atoms with Crippen LogP contribution in [0.1, 0.15) is 64.2 Å². The summed E-state index contributed by atoms with van der Waals surface area (Å²) in [6.07, 6.45) is 11.5. The van der Waals surface area contributed by atoms with Crippen LogP contribution in [0, 0.1) is 5.92 Å². The Kier molecular flexibility index (Phi) is 7.57. The number of guanidine groups is 1. The van der Waals surface area contributed by atoms with E-state index in [1.807, 2.05) is 4.90 Å². The van der Waals surface area contributed by atoms with Gasteiger partial charge in [-0.3, -0.25) is 9.59 Å². The van der Waals surface area contributed by atoms with Crippen molar-refractivity contribution < 1.29 is 9.59 Å². The molecule has 2 amide bonds. The van der Waals surface area contributed by atoms with E-state index in [2.05, 4.69) is 15.6 Å². The maximum atomic E-state index is 12.7. The van der Waals surface area contributed by atoms with E-state index in [-0.39, 0.29) is 24.4 Å². The minimum Gasteiger partial charge on any atom is -0.354 e. The summed E-state index contributed by atoms with van der Waals surface area (Å²) in [4.78, 5) is 32.8. The first-order chi connectivity index (χ1) is 13.5. The number of likely N-dealkylation sites (N-methyl/N-ethyl adjacent to an activating group) is 1. The molecule has 2 saturated carbocycles. The predicted molar refractivity (Wildman–Crippen MR) is 111 cm³/mol. The monoisotopic (exact) mass is 391 g/mol. The highest BCUT2D eigenvalue weighted by atomic mass is 16.2. The number of rotatable bonds is 5. The summed E-state index contributed by atoms with van der Waals surface area (Å²) < 4.78 is 0. The summed E-state index contributed by atoms with van der Waals surface area (Å²) in [5, 5.41) is 7.05. The van der Waals surface area contributed by atoms with Gasteiger partial charge in [-0.25, -0.2) is 4.99 Å². The number of likely N-dealkylation sites (tertiary alicyclic amines) is 1. The smallest absolute Gasteiger partial charge is 0.243 e. The van der Waals surface area contributed by atoms with E-state index in [0.29, 0.717) is 11.9 Å². The summed E-state index contributed by atoms with van der Waals surface area (Å²) in [7, 11) is 3.51. The molecule has 2 aliphatic carbocycles. The SMILES string of the molecule is CN(C)C(=O)CN=C(NC1CCCCC1)NC1CCN(C(=O)C2CCCC2)C1. The molecule has 3 fully saturated rings. The molecule has 3 rings (SSSR count). The van der Waals surface area contributed by atoms with E-state index in [1.165, 1.54) is 32.1 Å². The van der Waals surface area contributed by atoms with Gasteiger partial charge in [-0.2, -0.15) is 0 Å². The van der Waals surface area contributed by atoms with Crippen LogP contribution in [0.2, 0.25) is 0 Å². The molecule has 1 heterocycles. The Morgan fingerprint density at radius 2 is 1.57 bits per heavy atom. The van der Waals surface area contributed by atoms with Gasteiger partial charge in [-0.1, -0.05) is 32.1 Å². The molecule has 0 aromatic heterocycles. The zero-order valence-corrected chi connectivity index (χ0v) is 17.6. The van der Waals surface area contributed by atoms with Gasteiger partial charge in [0.05, 0.1) is 0 Å². The number of hydrogen-bond donors (Lipinski definition) is 2. The van der Waals surface area contributed by atoms with Crippen molar-refractivity contribution in [3.8, 4) is 0 Å². The Hall–Kier alpha value is -1.79. The summed E-state index contributed by atoms with van der Waals surface area (Å²) in [6.45, 7) is 1.70. The first-order valence-corrected chi connectivity index (χ1v) is 11.1. The van der Waals surface area contributed by atoms with Crippen LogP contribution in [0.25, 0.3) is 0 Å². The Bertz CT molecular complexity index is 565. The fraction of sp³-hybridized carbons (Fsp3) is 0.857. The standard InChI is InChI=1S/C21H37N5O2/c1-25(2)19(27)14-22-21(23-17-10-4-3-5-11-17)24-18-12-13-26(15-18)20(28)16-8-6-7-9-16/h16-18H,3-15H2,1-2H3,(H2,22,23,24). The number of hydrogen-bond acceptors (Lipinski definition) is 3. The van der Waals surface area contributed by atoms with Gasteiger partial charge in [0.15, 0.2) is 5.96 Å². The van der Waals surface area contributed by atoms with Gasteiger partial charge in [0, 0.05) is 45.2 Å². The Morgan fingerprint density at radius 3 is 2.25 bits per heavy atom. The van der Waals surface area contributed by atoms with Crippen LogP contribution in [-0.4, -0.2) is 73.4 Å². The molecular weight excluding hydrogens is 354 g/mol. The molecule has 28 heavy (non-hydrogen) atoms. The first kappa shape index (κ1) is 20.9. The van der Waals surface area contributed by atoms with Crippen LogP contribution in [0.3, 0.4) is 0 Å². The van der Waals surface area contributed by atoms with Gasteiger partial charge in [-0.05, 0) is 32.1 Å². The average molecular weight is 392 g/mol. The second-order valence-corrected chi connectivity index (χ2v) is 8.83. The zero-order chi connectivity index (χ0) is 19.9. The molecule has 1 unspecified atom stereocenters. The molecule has 0 aromatic carbocycles. The lowest BCUT2D eigenvalue weighted by Gasteiger charge is -2.27. The highest BCUT2D eigenvalue weighted by Gasteiger charge is 2.32. The van der Waals surface area contributed by atoms with Crippen LogP contribution >= 0.6 is 0 Å². The van der Waals surface area contributed by atoms with Gasteiger partial charge in [0.2, 0.25) is 11.8 Å². The van der Waals surface area contributed by atoms with Crippen molar-refractivity contribution >= 4 is 17.8 Å². The minimum atomic E-state index is -0.00537. The molecule has 0 aromatic rings. The first-order valence-electron chi connectivity index (χ1n) is 11.1. The zero-order valence-electron chi connectivity index (χ0n) is 17.6. The lowest BCUT2D eigenvalue weighted by molar-refractivity contribution is -0.134. The number of carbonyl (C=O) groups is 2. The average Bonchev–Trinajstić information content (AvgIpc) is 3.38. The largest absolute Gasteiger partial charge is 0.354 e. The van der Waals surface area contributed by atoms with Crippen LogP contribution < -0.4 is 10.6 Å². The molecule has 0 spiro atoms. The van der Waals surface area contributed by atoms with Crippen LogP contribution in [-0.2, 0) is 9.59 Å². The van der Waals surface area contributed by atoms with Crippen molar-refractivity contribution in [1.29, 1.82) is 0 Å². The second kappa shape index (κ2) is 10.1. The number of nitrogens with one attached hydrogen (secondary N) is 2. The van der Waals surface area contributed by atoms with E-state index < -0.39 is 0 Å². The van der Waals surface area contributed by atoms with E-state index in [1.54, 1.807) is 19.0 Å². The highest BCUT2D eigenvalue weighted by Crippen LogP contribution is 2.27. The van der Waals surface area contributed by atoms with Crippen molar-refractivity contribution in [2.24, 2.45) is 10.9 Å². The summed E-state index contributed by atoms with van der Waals surface area (Å²) in [5.74, 6) is 1.30. The third-order valence-corrected chi connectivity index (χ3v) is 6.36. The predicted octanol–water partition coefficient (Wildman–Crippen LogP) is 1.73. The van der Waals surface area contributed by atoms with E-state index in [4.69, 9.17) is 0 Å². The lowest BCUT2D eigenvalue weighted by Crippen LogP contribution is -2.49. The number of nitrogens with zero attached hydrogens (tertiary/aromatic N) is 3. The normalized spacial score (nSPS) is 24.4. The molecule has 2 N–H and O–H groups in total. The molecule has 0 radical (unpaired) electrons. The fourth-order valence-corrected chi connectivity index (χ4v) is 4.56. The second-order valence-electron chi connectivity index (χ2n) is 8.83. The van der Waals surface area contributed by atoms with Gasteiger partial charge in [0.25, 0.3) is 0 Å². The molecule has 1 atom stereocenters. The summed E-state index contributed by atoms with van der Waals surface area (Å²) >= 11 is 0. The van der Waals surface area contributed by atoms with Crippen LogP contribution in [0.15, 0.2) is 4.99 Å². The van der Waals surface area contributed by atoms with Gasteiger partial charge >= 0.3 is 0 Å². The summed E-state index contributed by atoms with van der Waals surface area (Å²) in [5.41, 5.74) is 0. The van der Waals surface area contributed by atoms with Crippen molar-refractivity contribution in [3.05, 3.63) is 0 Å². The molecule has 1 saturated heterocycles. The van der Waals surface area contributed by atoms with Gasteiger partial charge in [-0.15, -0.1) is 0 Å². The third-order valence-electron chi connectivity index (χ3n) is 6.36. The topological polar surface area (TPSA) is 77.0 Å². The Labute approximate surface area is 169 Å². The quantitative estimate of drug-likeness (QED) is 0.553. The Balaban J connectivity index is 1.56. The molecule has 7 nitrogen and oxygen atoms in total. The van der Waals surface area contributed by atoms with Crippen LogP contribution in [0.5, 0.6) is 0 Å². The van der Waals surface area contributed by atoms with Crippen LogP contribution in [0.4, 0.5) is 0 Å². The van der Waals surface area contributed by atoms with E-state index in [9.17, 15) is 9.59 Å². The lowest BCUT2D eigenvalue weighted by atomic mass is 9.96. The summed E-state index contributed by atoms with van der Waals surface area (Å²) in [6, 6.07) is 0.627. The number of amides is 2. The van der Waals surface area contributed by atoms with E-state index in [0.717, 1.165) is 51.2 Å². The molecule has 3 aliphatic rings. The highest BCUT2D eigenvalue weighted by molar-refractivity contribution is 5.85. The molecule has 158 valence electrons.